The molecule has 0 bridgehead atoms. The largest absolute Gasteiger partial charge is 0.453 e. The third kappa shape index (κ3) is 2.10. The summed E-state index contributed by atoms with van der Waals surface area (Å²) >= 11 is 0. The monoisotopic (exact) mass is 183 g/mol. The molecule has 1 saturated heterocycles. The summed E-state index contributed by atoms with van der Waals surface area (Å²) in [5.74, 6) is 0. The Hall–Kier alpha value is -1.28. The highest BCUT2D eigenvalue weighted by atomic mass is 16.5. The highest BCUT2D eigenvalue weighted by Gasteiger charge is 2.27. The van der Waals surface area contributed by atoms with Gasteiger partial charge in [0.25, 0.3) is 0 Å². The molecule has 0 aromatic rings. The zero-order chi connectivity index (χ0) is 9.84. The Balaban J connectivity index is 2.55. The van der Waals surface area contributed by atoms with Crippen LogP contribution in [0.25, 0.3) is 0 Å². The molecule has 1 amide bonds. The van der Waals surface area contributed by atoms with Crippen molar-refractivity contribution in [2.75, 3.05) is 33.8 Å². The Morgan fingerprint density at radius 3 is 2.85 bits per heavy atom. The van der Waals surface area contributed by atoms with Gasteiger partial charge in [0.05, 0.1) is 19.7 Å². The number of rotatable bonds is 0. The average molecular weight is 183 g/mol. The van der Waals surface area contributed by atoms with E-state index in [2.05, 4.69) is 10.8 Å². The number of nitrogens with zero attached hydrogens (tertiary/aromatic N) is 3. The van der Waals surface area contributed by atoms with Gasteiger partial charge in [0.15, 0.2) is 0 Å². The van der Waals surface area contributed by atoms with Gasteiger partial charge in [-0.15, -0.1) is 0 Å². The normalized spacial score (nSPS) is 23.8. The van der Waals surface area contributed by atoms with Crippen LogP contribution < -0.4 is 0 Å². The first-order valence-corrected chi connectivity index (χ1v) is 4.11. The van der Waals surface area contributed by atoms with Crippen LogP contribution in [-0.2, 0) is 4.74 Å². The predicted molar refractivity (Wildman–Crippen MR) is 46.0 cm³/mol. The summed E-state index contributed by atoms with van der Waals surface area (Å²) in [5.41, 5.74) is 0. The van der Waals surface area contributed by atoms with Crippen molar-refractivity contribution in [1.82, 2.24) is 9.80 Å². The van der Waals surface area contributed by atoms with Crippen LogP contribution in [0.1, 0.15) is 0 Å². The fourth-order valence-corrected chi connectivity index (χ4v) is 1.31. The van der Waals surface area contributed by atoms with Crippen LogP contribution in [0.3, 0.4) is 0 Å². The second-order valence-corrected chi connectivity index (χ2v) is 3.04. The van der Waals surface area contributed by atoms with Gasteiger partial charge in [-0.25, -0.2) is 4.79 Å². The summed E-state index contributed by atoms with van der Waals surface area (Å²) in [6, 6.07) is 1.92. The van der Waals surface area contributed by atoms with Gasteiger partial charge < -0.3 is 9.64 Å². The lowest BCUT2D eigenvalue weighted by atomic mass is 10.2. The number of hydrogen-bond acceptors (Lipinski definition) is 4. The van der Waals surface area contributed by atoms with Gasteiger partial charge in [-0.1, -0.05) is 0 Å². The van der Waals surface area contributed by atoms with Crippen LogP contribution in [0, 0.1) is 11.3 Å². The number of amides is 1. The first kappa shape index (κ1) is 9.81. The van der Waals surface area contributed by atoms with E-state index in [9.17, 15) is 4.79 Å². The van der Waals surface area contributed by atoms with Crippen LogP contribution in [0.2, 0.25) is 0 Å². The molecule has 0 radical (unpaired) electrons. The summed E-state index contributed by atoms with van der Waals surface area (Å²) in [4.78, 5) is 14.6. The Morgan fingerprint density at radius 1 is 1.62 bits per heavy atom. The molecule has 1 aliphatic rings. The molecule has 1 unspecified atom stereocenters. The zero-order valence-corrected chi connectivity index (χ0v) is 7.86. The second kappa shape index (κ2) is 4.10. The van der Waals surface area contributed by atoms with Gasteiger partial charge in [-0.3, -0.25) is 4.90 Å². The SMILES string of the molecule is COC(=O)N1CCN(C)C(C#N)C1. The molecule has 0 aromatic carbocycles. The van der Waals surface area contributed by atoms with Crippen molar-refractivity contribution in [2.45, 2.75) is 6.04 Å². The van der Waals surface area contributed by atoms with Gasteiger partial charge in [0.1, 0.15) is 6.04 Å². The lowest BCUT2D eigenvalue weighted by Crippen LogP contribution is -2.52. The second-order valence-electron chi connectivity index (χ2n) is 3.04. The van der Waals surface area contributed by atoms with Crippen LogP contribution in [0.15, 0.2) is 0 Å². The minimum absolute atomic E-state index is 0.215. The number of hydrogen-bond donors (Lipinski definition) is 0. The third-order valence-electron chi connectivity index (χ3n) is 2.23. The first-order chi connectivity index (χ1) is 6.19. The van der Waals surface area contributed by atoms with Crippen molar-refractivity contribution in [3.05, 3.63) is 0 Å². The van der Waals surface area contributed by atoms with Crippen molar-refractivity contribution < 1.29 is 9.53 Å². The lowest BCUT2D eigenvalue weighted by Gasteiger charge is -2.34. The summed E-state index contributed by atoms with van der Waals surface area (Å²) in [5, 5.41) is 8.76. The molecular weight excluding hydrogens is 170 g/mol. The van der Waals surface area contributed by atoms with E-state index in [1.807, 2.05) is 11.9 Å². The van der Waals surface area contributed by atoms with E-state index >= 15 is 0 Å². The summed E-state index contributed by atoms with van der Waals surface area (Å²) < 4.78 is 4.58. The molecule has 72 valence electrons. The van der Waals surface area contributed by atoms with E-state index in [4.69, 9.17) is 5.26 Å². The maximum atomic E-state index is 11.1. The van der Waals surface area contributed by atoms with Gasteiger partial charge in [0.2, 0.25) is 0 Å². The highest BCUT2D eigenvalue weighted by molar-refractivity contribution is 5.67. The molecule has 0 aromatic heterocycles. The maximum Gasteiger partial charge on any atom is 0.409 e. The van der Waals surface area contributed by atoms with E-state index in [0.29, 0.717) is 19.6 Å². The summed E-state index contributed by atoms with van der Waals surface area (Å²) in [6.07, 6.45) is -0.353. The molecule has 1 heterocycles. The highest BCUT2D eigenvalue weighted by Crippen LogP contribution is 2.07. The van der Waals surface area contributed by atoms with Crippen molar-refractivity contribution in [3.8, 4) is 6.07 Å². The standard InChI is InChI=1S/C8H13N3O2/c1-10-3-4-11(8(12)13-2)6-7(10)5-9/h7H,3-4,6H2,1-2H3. The molecule has 0 saturated carbocycles. The Kier molecular flexibility index (Phi) is 3.09. The fourth-order valence-electron chi connectivity index (χ4n) is 1.31. The van der Waals surface area contributed by atoms with E-state index in [-0.39, 0.29) is 12.1 Å². The molecule has 1 rings (SSSR count). The molecule has 1 fully saturated rings. The molecule has 1 atom stereocenters. The van der Waals surface area contributed by atoms with Gasteiger partial charge in [0, 0.05) is 13.1 Å². The van der Waals surface area contributed by atoms with E-state index in [0.717, 1.165) is 0 Å². The van der Waals surface area contributed by atoms with Crippen LogP contribution in [0.4, 0.5) is 4.79 Å². The lowest BCUT2D eigenvalue weighted by molar-refractivity contribution is 0.0856. The first-order valence-electron chi connectivity index (χ1n) is 4.11. The quantitative estimate of drug-likeness (QED) is 0.526. The van der Waals surface area contributed by atoms with Gasteiger partial charge in [-0.05, 0) is 7.05 Å². The number of piperazine rings is 1. The number of likely N-dealkylation sites (N-methyl/N-ethyl adjacent to an activating group) is 1. The number of nitriles is 1. The van der Waals surface area contributed by atoms with E-state index in [1.54, 1.807) is 4.90 Å². The average Bonchev–Trinajstić information content (AvgIpc) is 2.17. The third-order valence-corrected chi connectivity index (χ3v) is 2.23. The predicted octanol–water partition coefficient (Wildman–Crippen LogP) is -0.108. The van der Waals surface area contributed by atoms with Gasteiger partial charge in [-0.2, -0.15) is 5.26 Å². The molecule has 0 spiro atoms. The summed E-state index contributed by atoms with van der Waals surface area (Å²) in [7, 11) is 3.23. The van der Waals surface area contributed by atoms with E-state index in [1.165, 1.54) is 7.11 Å². The van der Waals surface area contributed by atoms with E-state index < -0.39 is 0 Å². The fraction of sp³-hybridized carbons (Fsp3) is 0.750. The van der Waals surface area contributed by atoms with Crippen LogP contribution in [0.5, 0.6) is 0 Å². The van der Waals surface area contributed by atoms with Crippen molar-refractivity contribution in [2.24, 2.45) is 0 Å². The Labute approximate surface area is 77.5 Å². The number of methoxy groups -OCH3 is 1. The number of carbonyl (C=O) groups is 1. The Bertz CT molecular complexity index is 236. The molecule has 1 aliphatic heterocycles. The molecule has 5 nitrogen and oxygen atoms in total. The molecular formula is C8H13N3O2. The van der Waals surface area contributed by atoms with Gasteiger partial charge >= 0.3 is 6.09 Å². The number of ether oxygens (including phenoxy) is 1. The van der Waals surface area contributed by atoms with Crippen molar-refractivity contribution in [3.63, 3.8) is 0 Å². The summed E-state index contributed by atoms with van der Waals surface area (Å²) in [6.45, 7) is 1.77. The zero-order valence-electron chi connectivity index (χ0n) is 7.86. The van der Waals surface area contributed by atoms with Crippen LogP contribution in [-0.4, -0.2) is 55.7 Å². The van der Waals surface area contributed by atoms with Crippen LogP contribution >= 0.6 is 0 Å². The molecule has 0 aliphatic carbocycles. The molecule has 0 N–H and O–H groups in total. The minimum atomic E-state index is -0.353. The maximum absolute atomic E-state index is 11.1. The topological polar surface area (TPSA) is 56.6 Å². The molecule has 5 heteroatoms. The number of carbonyl (C=O) groups excluding carboxylic acids is 1. The Morgan fingerprint density at radius 2 is 2.31 bits per heavy atom. The smallest absolute Gasteiger partial charge is 0.409 e. The van der Waals surface area contributed by atoms with Crippen molar-refractivity contribution >= 4 is 6.09 Å². The minimum Gasteiger partial charge on any atom is -0.453 e. The molecule has 13 heavy (non-hydrogen) atoms. The van der Waals surface area contributed by atoms with Crippen molar-refractivity contribution in [1.29, 1.82) is 5.26 Å².